The molecule has 21 heavy (non-hydrogen) atoms. The van der Waals surface area contributed by atoms with Crippen molar-refractivity contribution in [2.45, 2.75) is 46.1 Å². The van der Waals surface area contributed by atoms with Crippen LogP contribution in [0.3, 0.4) is 0 Å². The van der Waals surface area contributed by atoms with Gasteiger partial charge in [-0.15, -0.1) is 0 Å². The fraction of sp³-hybridized carbons (Fsp3) is 0.533. The van der Waals surface area contributed by atoms with Gasteiger partial charge in [0.15, 0.2) is 5.82 Å². The summed E-state index contributed by atoms with van der Waals surface area (Å²) >= 11 is 3.61. The van der Waals surface area contributed by atoms with E-state index in [4.69, 9.17) is 4.98 Å². The van der Waals surface area contributed by atoms with Gasteiger partial charge in [0.25, 0.3) is 0 Å². The van der Waals surface area contributed by atoms with Gasteiger partial charge in [-0.1, -0.05) is 20.8 Å². The lowest BCUT2D eigenvalue weighted by molar-refractivity contribution is 0.562. The Hall–Kier alpha value is -1.43. The molecule has 2 aromatic rings. The van der Waals surface area contributed by atoms with E-state index in [9.17, 15) is 0 Å². The first-order valence-electron chi connectivity index (χ1n) is 7.03. The third-order valence-corrected chi connectivity index (χ3v) is 4.00. The molecular formula is C15H22BrN5. The minimum absolute atomic E-state index is 0.0786. The summed E-state index contributed by atoms with van der Waals surface area (Å²) in [7, 11) is 1.86. The average molecular weight is 352 g/mol. The third kappa shape index (κ3) is 3.10. The zero-order valence-corrected chi connectivity index (χ0v) is 15.0. The Morgan fingerprint density at radius 1 is 1.24 bits per heavy atom. The predicted molar refractivity (Wildman–Crippen MR) is 89.6 cm³/mol. The SMILES string of the molecule is CNc1nc(-c2cncn2C(C)C)nc(C(C)(C)C)c1Br. The minimum atomic E-state index is -0.0786. The van der Waals surface area contributed by atoms with Gasteiger partial charge in [-0.05, 0) is 29.8 Å². The lowest BCUT2D eigenvalue weighted by Gasteiger charge is -2.22. The molecule has 0 unspecified atom stereocenters. The van der Waals surface area contributed by atoms with Crippen LogP contribution in [0.4, 0.5) is 5.82 Å². The van der Waals surface area contributed by atoms with E-state index in [1.807, 2.05) is 19.6 Å². The van der Waals surface area contributed by atoms with Gasteiger partial charge >= 0.3 is 0 Å². The van der Waals surface area contributed by atoms with Crippen LogP contribution in [0.25, 0.3) is 11.5 Å². The third-order valence-electron chi connectivity index (χ3n) is 3.25. The molecular weight excluding hydrogens is 330 g/mol. The van der Waals surface area contributed by atoms with Gasteiger partial charge in [-0.3, -0.25) is 0 Å². The van der Waals surface area contributed by atoms with Crippen LogP contribution in [0.15, 0.2) is 17.0 Å². The normalized spacial score (nSPS) is 12.0. The Labute approximate surface area is 134 Å². The van der Waals surface area contributed by atoms with Crippen molar-refractivity contribution in [2.24, 2.45) is 0 Å². The molecule has 1 N–H and O–H groups in total. The maximum Gasteiger partial charge on any atom is 0.180 e. The number of rotatable bonds is 3. The summed E-state index contributed by atoms with van der Waals surface area (Å²) in [5, 5.41) is 3.13. The van der Waals surface area contributed by atoms with Crippen molar-refractivity contribution in [3.8, 4) is 11.5 Å². The number of anilines is 1. The molecule has 114 valence electrons. The Morgan fingerprint density at radius 2 is 1.90 bits per heavy atom. The Kier molecular flexibility index (Phi) is 4.37. The van der Waals surface area contributed by atoms with Crippen LogP contribution in [0.2, 0.25) is 0 Å². The fourth-order valence-electron chi connectivity index (χ4n) is 2.11. The molecule has 5 nitrogen and oxygen atoms in total. The van der Waals surface area contributed by atoms with Gasteiger partial charge in [-0.2, -0.15) is 0 Å². The van der Waals surface area contributed by atoms with Crippen molar-refractivity contribution in [3.05, 3.63) is 22.7 Å². The topological polar surface area (TPSA) is 55.6 Å². The molecule has 0 atom stereocenters. The zero-order chi connectivity index (χ0) is 15.8. The monoisotopic (exact) mass is 351 g/mol. The van der Waals surface area contributed by atoms with Crippen molar-refractivity contribution >= 4 is 21.7 Å². The van der Waals surface area contributed by atoms with E-state index in [1.165, 1.54) is 0 Å². The summed E-state index contributed by atoms with van der Waals surface area (Å²) in [6.07, 6.45) is 3.64. The molecule has 6 heteroatoms. The second kappa shape index (κ2) is 5.75. The Balaban J connectivity index is 2.67. The highest BCUT2D eigenvalue weighted by Crippen LogP contribution is 2.34. The van der Waals surface area contributed by atoms with Crippen LogP contribution >= 0.6 is 15.9 Å². The quantitative estimate of drug-likeness (QED) is 0.906. The second-order valence-electron chi connectivity index (χ2n) is 6.34. The first-order chi connectivity index (χ1) is 9.75. The number of nitrogens with one attached hydrogen (secondary N) is 1. The van der Waals surface area contributed by atoms with Crippen molar-refractivity contribution in [1.82, 2.24) is 19.5 Å². The van der Waals surface area contributed by atoms with Crippen LogP contribution < -0.4 is 5.32 Å². The smallest absolute Gasteiger partial charge is 0.180 e. The van der Waals surface area contributed by atoms with Crippen LogP contribution in [0, 0.1) is 0 Å². The summed E-state index contributed by atoms with van der Waals surface area (Å²) in [6, 6.07) is 0.311. The minimum Gasteiger partial charge on any atom is -0.372 e. The lowest BCUT2D eigenvalue weighted by Crippen LogP contribution is -2.17. The summed E-state index contributed by atoms with van der Waals surface area (Å²) in [5.41, 5.74) is 1.83. The maximum absolute atomic E-state index is 4.78. The molecule has 0 aliphatic carbocycles. The molecule has 0 amide bonds. The highest BCUT2D eigenvalue weighted by molar-refractivity contribution is 9.10. The standard InChI is InChI=1S/C15H22BrN5/c1-9(2)21-8-18-7-10(21)13-19-12(15(3,4)5)11(16)14(17-6)20-13/h7-9H,1-6H3,(H,17,19,20). The van der Waals surface area contributed by atoms with E-state index in [0.717, 1.165) is 21.7 Å². The summed E-state index contributed by atoms with van der Waals surface area (Å²) in [6.45, 7) is 10.7. The van der Waals surface area contributed by atoms with Gasteiger partial charge in [0, 0.05) is 18.5 Å². The van der Waals surface area contributed by atoms with Gasteiger partial charge in [0.1, 0.15) is 11.5 Å². The van der Waals surface area contributed by atoms with Crippen LogP contribution in [0.5, 0.6) is 0 Å². The number of hydrogen-bond acceptors (Lipinski definition) is 4. The number of halogens is 1. The maximum atomic E-state index is 4.78. The molecule has 0 aliphatic heterocycles. The molecule has 0 bridgehead atoms. The Bertz CT molecular complexity index is 640. The molecule has 0 radical (unpaired) electrons. The fourth-order valence-corrected chi connectivity index (χ4v) is 3.08. The van der Waals surface area contributed by atoms with E-state index in [-0.39, 0.29) is 5.41 Å². The molecule has 2 heterocycles. The molecule has 0 saturated heterocycles. The van der Waals surface area contributed by atoms with Gasteiger partial charge in [0.2, 0.25) is 0 Å². The molecule has 0 spiro atoms. The van der Waals surface area contributed by atoms with Crippen LogP contribution in [-0.2, 0) is 5.41 Å². The number of hydrogen-bond donors (Lipinski definition) is 1. The van der Waals surface area contributed by atoms with E-state index >= 15 is 0 Å². The van der Waals surface area contributed by atoms with Gasteiger partial charge in [0.05, 0.1) is 22.7 Å². The lowest BCUT2D eigenvalue weighted by atomic mass is 9.92. The largest absolute Gasteiger partial charge is 0.372 e. The molecule has 0 fully saturated rings. The van der Waals surface area contributed by atoms with E-state index in [0.29, 0.717) is 11.9 Å². The average Bonchev–Trinajstić information content (AvgIpc) is 2.87. The van der Waals surface area contributed by atoms with E-state index in [1.54, 1.807) is 0 Å². The van der Waals surface area contributed by atoms with Crippen molar-refractivity contribution in [1.29, 1.82) is 0 Å². The van der Waals surface area contributed by atoms with Crippen molar-refractivity contribution < 1.29 is 0 Å². The van der Waals surface area contributed by atoms with Gasteiger partial charge < -0.3 is 9.88 Å². The van der Waals surface area contributed by atoms with E-state index < -0.39 is 0 Å². The summed E-state index contributed by atoms with van der Waals surface area (Å²) in [5.74, 6) is 1.49. The van der Waals surface area contributed by atoms with Crippen molar-refractivity contribution in [2.75, 3.05) is 12.4 Å². The van der Waals surface area contributed by atoms with Crippen molar-refractivity contribution in [3.63, 3.8) is 0 Å². The zero-order valence-electron chi connectivity index (χ0n) is 13.4. The number of aromatic nitrogens is 4. The summed E-state index contributed by atoms with van der Waals surface area (Å²) < 4.78 is 2.99. The first-order valence-corrected chi connectivity index (χ1v) is 7.83. The first kappa shape index (κ1) is 15.9. The van der Waals surface area contributed by atoms with Gasteiger partial charge in [-0.25, -0.2) is 15.0 Å². The highest BCUT2D eigenvalue weighted by Gasteiger charge is 2.24. The van der Waals surface area contributed by atoms with Crippen LogP contribution in [-0.4, -0.2) is 26.6 Å². The van der Waals surface area contributed by atoms with E-state index in [2.05, 4.69) is 70.4 Å². The molecule has 0 saturated carbocycles. The molecule has 2 rings (SSSR count). The highest BCUT2D eigenvalue weighted by atomic mass is 79.9. The Morgan fingerprint density at radius 3 is 2.43 bits per heavy atom. The molecule has 0 aromatic carbocycles. The molecule has 0 aliphatic rings. The molecule has 2 aromatic heterocycles. The number of nitrogens with zero attached hydrogens (tertiary/aromatic N) is 4. The van der Waals surface area contributed by atoms with Crippen LogP contribution in [0.1, 0.15) is 46.4 Å². The summed E-state index contributed by atoms with van der Waals surface area (Å²) in [4.78, 5) is 13.6. The predicted octanol–water partition coefficient (Wildman–Crippen LogP) is 4.02. The number of imidazole rings is 1. The second-order valence-corrected chi connectivity index (χ2v) is 7.13.